The predicted octanol–water partition coefficient (Wildman–Crippen LogP) is 2.27. The van der Waals surface area contributed by atoms with E-state index in [-0.39, 0.29) is 29.9 Å². The molecule has 148 valence electrons. The van der Waals surface area contributed by atoms with Crippen molar-refractivity contribution in [3.05, 3.63) is 17.0 Å². The largest absolute Gasteiger partial charge is 0.361 e. The number of hydrogen-bond acceptors (Lipinski definition) is 4. The number of carbonyl (C=O) groups is 1. The number of aliphatic imine (C=N–C) groups is 1. The van der Waals surface area contributed by atoms with Crippen LogP contribution in [0.3, 0.4) is 0 Å². The Balaban J connectivity index is 0.00000338. The molecule has 0 saturated carbocycles. The lowest BCUT2D eigenvalue weighted by Gasteiger charge is -2.34. The molecule has 1 aromatic heterocycles. The van der Waals surface area contributed by atoms with Crippen LogP contribution in [-0.4, -0.2) is 55.7 Å². The zero-order valence-electron chi connectivity index (χ0n) is 16.3. The van der Waals surface area contributed by atoms with Gasteiger partial charge >= 0.3 is 0 Å². The average Bonchev–Trinajstić information content (AvgIpc) is 2.94. The van der Waals surface area contributed by atoms with Crippen LogP contribution < -0.4 is 10.6 Å². The van der Waals surface area contributed by atoms with Gasteiger partial charge in [-0.1, -0.05) is 5.16 Å². The maximum absolute atomic E-state index is 11.5. The van der Waals surface area contributed by atoms with E-state index in [0.29, 0.717) is 12.3 Å². The van der Waals surface area contributed by atoms with Crippen LogP contribution in [0.25, 0.3) is 0 Å². The quantitative estimate of drug-likeness (QED) is 0.284. The standard InChI is InChI=1S/C18H31N5O2.HI/c1-13-16(14(2)25-22-13)6-5-9-21-18(20-4)23-10-7-15(8-11-23)12-17(24)19-3;/h15H,5-12H2,1-4H3,(H,19,24)(H,20,21);1H. The monoisotopic (exact) mass is 477 g/mol. The van der Waals surface area contributed by atoms with Gasteiger partial charge in [-0.05, 0) is 45.4 Å². The van der Waals surface area contributed by atoms with Crippen LogP contribution in [0.15, 0.2) is 9.52 Å². The molecule has 0 unspecified atom stereocenters. The Kier molecular flexibility index (Phi) is 9.97. The third-order valence-electron chi connectivity index (χ3n) is 4.95. The Bertz CT molecular complexity index is 575. The number of aromatic nitrogens is 1. The van der Waals surface area contributed by atoms with E-state index in [0.717, 1.165) is 62.7 Å². The minimum absolute atomic E-state index is 0. The van der Waals surface area contributed by atoms with Crippen molar-refractivity contribution in [3.63, 3.8) is 0 Å². The maximum atomic E-state index is 11.5. The summed E-state index contributed by atoms with van der Waals surface area (Å²) in [5.41, 5.74) is 2.20. The van der Waals surface area contributed by atoms with Crippen LogP contribution in [0.1, 0.15) is 42.7 Å². The highest BCUT2D eigenvalue weighted by atomic mass is 127. The Morgan fingerprint density at radius 1 is 1.35 bits per heavy atom. The number of amides is 1. The van der Waals surface area contributed by atoms with Crippen molar-refractivity contribution in [2.45, 2.75) is 46.0 Å². The summed E-state index contributed by atoms with van der Waals surface area (Å²) in [5, 5.41) is 10.2. The first-order chi connectivity index (χ1) is 12.0. The third-order valence-corrected chi connectivity index (χ3v) is 4.95. The number of likely N-dealkylation sites (tertiary alicyclic amines) is 1. The van der Waals surface area contributed by atoms with Gasteiger partial charge in [0.05, 0.1) is 5.69 Å². The number of rotatable bonds is 6. The van der Waals surface area contributed by atoms with Gasteiger partial charge in [-0.2, -0.15) is 0 Å². The lowest BCUT2D eigenvalue weighted by atomic mass is 9.93. The van der Waals surface area contributed by atoms with Gasteiger partial charge in [0.15, 0.2) is 5.96 Å². The molecular weight excluding hydrogens is 445 g/mol. The molecule has 0 aliphatic carbocycles. The van der Waals surface area contributed by atoms with E-state index < -0.39 is 0 Å². The van der Waals surface area contributed by atoms with Crippen LogP contribution in [0.4, 0.5) is 0 Å². The fraction of sp³-hybridized carbons (Fsp3) is 0.722. The van der Waals surface area contributed by atoms with Crippen molar-refractivity contribution in [1.29, 1.82) is 0 Å². The molecule has 0 aromatic carbocycles. The molecule has 0 bridgehead atoms. The number of guanidine groups is 1. The molecule has 2 N–H and O–H groups in total. The Hall–Kier alpha value is -1.32. The SMILES string of the molecule is CN=C(NCCCc1c(C)noc1C)N1CCC(CC(=O)NC)CC1.I. The summed E-state index contributed by atoms with van der Waals surface area (Å²) in [6.45, 7) is 6.72. The van der Waals surface area contributed by atoms with E-state index in [1.807, 2.05) is 20.9 Å². The summed E-state index contributed by atoms with van der Waals surface area (Å²) in [4.78, 5) is 18.2. The lowest BCUT2D eigenvalue weighted by Crippen LogP contribution is -2.46. The first-order valence-corrected chi connectivity index (χ1v) is 9.13. The van der Waals surface area contributed by atoms with Gasteiger partial charge < -0.3 is 20.1 Å². The van der Waals surface area contributed by atoms with Crippen molar-refractivity contribution in [3.8, 4) is 0 Å². The van der Waals surface area contributed by atoms with Crippen LogP contribution in [-0.2, 0) is 11.2 Å². The number of nitrogens with one attached hydrogen (secondary N) is 2. The number of nitrogens with zero attached hydrogens (tertiary/aromatic N) is 3. The zero-order chi connectivity index (χ0) is 18.2. The Morgan fingerprint density at radius 3 is 2.58 bits per heavy atom. The molecular formula is C18H32IN5O2. The molecule has 0 radical (unpaired) electrons. The van der Waals surface area contributed by atoms with E-state index in [2.05, 4.69) is 25.7 Å². The smallest absolute Gasteiger partial charge is 0.220 e. The molecule has 26 heavy (non-hydrogen) atoms. The fourth-order valence-electron chi connectivity index (χ4n) is 3.37. The molecule has 8 heteroatoms. The highest BCUT2D eigenvalue weighted by Crippen LogP contribution is 2.20. The first-order valence-electron chi connectivity index (χ1n) is 9.13. The second-order valence-corrected chi connectivity index (χ2v) is 6.69. The minimum Gasteiger partial charge on any atom is -0.361 e. The zero-order valence-corrected chi connectivity index (χ0v) is 18.6. The predicted molar refractivity (Wildman–Crippen MR) is 114 cm³/mol. The molecule has 2 rings (SSSR count). The van der Waals surface area contributed by atoms with Gasteiger partial charge in [0.1, 0.15) is 5.76 Å². The summed E-state index contributed by atoms with van der Waals surface area (Å²) in [6, 6.07) is 0. The first kappa shape index (κ1) is 22.7. The van der Waals surface area contributed by atoms with Gasteiger partial charge in [0.25, 0.3) is 0 Å². The van der Waals surface area contributed by atoms with Crippen LogP contribution in [0.2, 0.25) is 0 Å². The van der Waals surface area contributed by atoms with Crippen molar-refractivity contribution in [2.75, 3.05) is 33.7 Å². The van der Waals surface area contributed by atoms with E-state index in [1.54, 1.807) is 7.05 Å². The van der Waals surface area contributed by atoms with Gasteiger partial charge in [-0.25, -0.2) is 0 Å². The molecule has 1 saturated heterocycles. The molecule has 1 aromatic rings. The van der Waals surface area contributed by atoms with Crippen molar-refractivity contribution in [2.24, 2.45) is 10.9 Å². The van der Waals surface area contributed by atoms with E-state index >= 15 is 0 Å². The molecule has 0 spiro atoms. The van der Waals surface area contributed by atoms with Gasteiger partial charge in [-0.3, -0.25) is 9.79 Å². The summed E-state index contributed by atoms with van der Waals surface area (Å²) >= 11 is 0. The van der Waals surface area contributed by atoms with E-state index in [9.17, 15) is 4.79 Å². The molecule has 7 nitrogen and oxygen atoms in total. The number of aryl methyl sites for hydroxylation is 2. The van der Waals surface area contributed by atoms with Gasteiger partial charge in [0, 0.05) is 45.7 Å². The van der Waals surface area contributed by atoms with Crippen LogP contribution in [0, 0.1) is 19.8 Å². The van der Waals surface area contributed by atoms with Crippen molar-refractivity contribution < 1.29 is 9.32 Å². The van der Waals surface area contributed by atoms with Crippen LogP contribution >= 0.6 is 24.0 Å². The highest BCUT2D eigenvalue weighted by Gasteiger charge is 2.22. The van der Waals surface area contributed by atoms with Crippen LogP contribution in [0.5, 0.6) is 0 Å². The lowest BCUT2D eigenvalue weighted by molar-refractivity contribution is -0.121. The fourth-order valence-corrected chi connectivity index (χ4v) is 3.37. The molecule has 1 aliphatic heterocycles. The Morgan fingerprint density at radius 2 is 2.04 bits per heavy atom. The molecule has 1 fully saturated rings. The van der Waals surface area contributed by atoms with E-state index in [1.165, 1.54) is 5.56 Å². The number of halogens is 1. The topological polar surface area (TPSA) is 82.8 Å². The molecule has 2 heterocycles. The minimum atomic E-state index is 0. The number of hydrogen-bond donors (Lipinski definition) is 2. The number of piperidine rings is 1. The highest BCUT2D eigenvalue weighted by molar-refractivity contribution is 14.0. The Labute approximate surface area is 173 Å². The van der Waals surface area contributed by atoms with Crippen molar-refractivity contribution in [1.82, 2.24) is 20.7 Å². The summed E-state index contributed by atoms with van der Waals surface area (Å²) < 4.78 is 5.20. The van der Waals surface area contributed by atoms with E-state index in [4.69, 9.17) is 4.52 Å². The molecule has 1 aliphatic rings. The number of carbonyl (C=O) groups excluding carboxylic acids is 1. The summed E-state index contributed by atoms with van der Waals surface area (Å²) in [7, 11) is 3.53. The van der Waals surface area contributed by atoms with Gasteiger partial charge in [0.2, 0.25) is 5.91 Å². The maximum Gasteiger partial charge on any atom is 0.220 e. The third kappa shape index (κ3) is 6.44. The second-order valence-electron chi connectivity index (χ2n) is 6.69. The van der Waals surface area contributed by atoms with Crippen molar-refractivity contribution >= 4 is 35.8 Å². The molecule has 0 atom stereocenters. The van der Waals surface area contributed by atoms with Gasteiger partial charge in [-0.15, -0.1) is 24.0 Å². The summed E-state index contributed by atoms with van der Waals surface area (Å²) in [6.07, 6.45) is 4.67. The normalized spacial score (nSPS) is 15.5. The summed E-state index contributed by atoms with van der Waals surface area (Å²) in [5.74, 6) is 2.49. The average molecular weight is 477 g/mol. The second kappa shape index (κ2) is 11.4. The molecule has 1 amide bonds.